The van der Waals surface area contributed by atoms with Gasteiger partial charge in [0.2, 0.25) is 5.91 Å². The van der Waals surface area contributed by atoms with E-state index in [0.29, 0.717) is 12.6 Å². The smallest absolute Gasteiger partial charge is 0.236 e. The number of amides is 1. The highest BCUT2D eigenvalue weighted by Gasteiger charge is 2.33. The van der Waals surface area contributed by atoms with Crippen molar-refractivity contribution in [2.24, 2.45) is 0 Å². The predicted octanol–water partition coefficient (Wildman–Crippen LogP) is 4.83. The first kappa shape index (κ1) is 19.6. The molecule has 0 radical (unpaired) electrons. The van der Waals surface area contributed by atoms with Gasteiger partial charge in [-0.3, -0.25) is 9.36 Å². The lowest BCUT2D eigenvalue weighted by Gasteiger charge is -2.30. The zero-order valence-electron chi connectivity index (χ0n) is 18.0. The Labute approximate surface area is 191 Å². The van der Waals surface area contributed by atoms with Crippen LogP contribution in [0.2, 0.25) is 0 Å². The third-order valence-corrected chi connectivity index (χ3v) is 7.52. The van der Waals surface area contributed by atoms with Crippen LogP contribution in [0.25, 0.3) is 22.3 Å². The van der Waals surface area contributed by atoms with E-state index in [-0.39, 0.29) is 11.2 Å². The summed E-state index contributed by atoms with van der Waals surface area (Å²) < 4.78 is 2.25. The van der Waals surface area contributed by atoms with Crippen molar-refractivity contribution in [3.05, 3.63) is 65.9 Å². The molecule has 2 aromatic heterocycles. The number of aromatic amines is 1. The number of carbonyl (C=O) groups is 1. The first-order chi connectivity index (χ1) is 15.7. The van der Waals surface area contributed by atoms with Crippen molar-refractivity contribution >= 4 is 28.6 Å². The van der Waals surface area contributed by atoms with E-state index in [1.165, 1.54) is 22.9 Å². The van der Waals surface area contributed by atoms with Crippen molar-refractivity contribution in [1.82, 2.24) is 24.6 Å². The maximum Gasteiger partial charge on any atom is 0.236 e. The molecule has 2 aromatic carbocycles. The molecule has 0 spiro atoms. The minimum Gasteiger partial charge on any atom is -0.360 e. The fourth-order valence-electron chi connectivity index (χ4n) is 4.61. The molecule has 0 saturated heterocycles. The maximum atomic E-state index is 13.3. The average molecular weight is 444 g/mol. The van der Waals surface area contributed by atoms with Crippen LogP contribution in [0.1, 0.15) is 36.9 Å². The van der Waals surface area contributed by atoms with E-state index in [2.05, 4.69) is 56.1 Å². The molecular formula is C25H25N5OS. The van der Waals surface area contributed by atoms with E-state index in [9.17, 15) is 4.79 Å². The van der Waals surface area contributed by atoms with Gasteiger partial charge < -0.3 is 9.88 Å². The standard InChI is InChI=1S/C25H25N5OS/c1-16(24(31)29-13-12-17-6-2-3-7-18(17)15-29)32-25-28-27-23(30(25)19-10-11-19)21-14-26-22-9-5-4-8-20(21)22/h2-9,14,16,19,26H,10-13,15H2,1H3/t16-/m0/s1. The molecule has 1 aliphatic carbocycles. The molecule has 0 bridgehead atoms. The summed E-state index contributed by atoms with van der Waals surface area (Å²) >= 11 is 1.53. The first-order valence-electron chi connectivity index (χ1n) is 11.2. The predicted molar refractivity (Wildman–Crippen MR) is 126 cm³/mol. The van der Waals surface area contributed by atoms with E-state index in [4.69, 9.17) is 0 Å². The summed E-state index contributed by atoms with van der Waals surface area (Å²) in [5, 5.41) is 10.9. The van der Waals surface area contributed by atoms with E-state index in [0.717, 1.165) is 53.3 Å². The molecule has 1 amide bonds. The van der Waals surface area contributed by atoms with Gasteiger partial charge in [0.25, 0.3) is 0 Å². The summed E-state index contributed by atoms with van der Waals surface area (Å²) in [6.45, 7) is 3.46. The Morgan fingerprint density at radius 1 is 1.09 bits per heavy atom. The molecule has 162 valence electrons. The van der Waals surface area contributed by atoms with E-state index in [1.807, 2.05) is 30.2 Å². The molecule has 2 aliphatic rings. The molecule has 7 heteroatoms. The van der Waals surface area contributed by atoms with Gasteiger partial charge in [0.15, 0.2) is 11.0 Å². The SMILES string of the molecule is C[C@H](Sc1nnc(-c2c[nH]c3ccccc23)n1C1CC1)C(=O)N1CCc2ccccc2C1. The monoisotopic (exact) mass is 443 g/mol. The molecule has 1 fully saturated rings. The highest BCUT2D eigenvalue weighted by Crippen LogP contribution is 2.43. The number of nitrogens with zero attached hydrogens (tertiary/aromatic N) is 4. The lowest BCUT2D eigenvalue weighted by molar-refractivity contribution is -0.131. The van der Waals surface area contributed by atoms with Crippen LogP contribution >= 0.6 is 11.8 Å². The highest BCUT2D eigenvalue weighted by atomic mass is 32.2. The number of hydrogen-bond donors (Lipinski definition) is 1. The quantitative estimate of drug-likeness (QED) is 0.449. The molecule has 1 atom stereocenters. The second-order valence-corrected chi connectivity index (χ2v) is 10.0. The third-order valence-electron chi connectivity index (χ3n) is 6.48. The van der Waals surface area contributed by atoms with Crippen LogP contribution in [-0.2, 0) is 17.8 Å². The Bertz CT molecular complexity index is 1300. The minimum absolute atomic E-state index is 0.170. The number of nitrogens with one attached hydrogen (secondary N) is 1. The Morgan fingerprint density at radius 2 is 1.88 bits per heavy atom. The van der Waals surface area contributed by atoms with E-state index >= 15 is 0 Å². The fourth-order valence-corrected chi connectivity index (χ4v) is 5.61. The highest BCUT2D eigenvalue weighted by molar-refractivity contribution is 8.00. The van der Waals surface area contributed by atoms with Crippen molar-refractivity contribution in [2.75, 3.05) is 6.54 Å². The molecule has 4 aromatic rings. The molecule has 1 N–H and O–H groups in total. The normalized spacial score (nSPS) is 16.8. The number of hydrogen-bond acceptors (Lipinski definition) is 4. The van der Waals surface area contributed by atoms with Crippen molar-refractivity contribution in [2.45, 2.75) is 49.2 Å². The van der Waals surface area contributed by atoms with Gasteiger partial charge in [0.05, 0.1) is 5.25 Å². The van der Waals surface area contributed by atoms with Crippen LogP contribution in [0.15, 0.2) is 59.9 Å². The molecule has 32 heavy (non-hydrogen) atoms. The lowest BCUT2D eigenvalue weighted by Crippen LogP contribution is -2.40. The van der Waals surface area contributed by atoms with Gasteiger partial charge in [-0.15, -0.1) is 10.2 Å². The second-order valence-electron chi connectivity index (χ2n) is 8.69. The number of para-hydroxylation sites is 1. The Hall–Kier alpha value is -3.06. The lowest BCUT2D eigenvalue weighted by atomic mass is 10.00. The number of rotatable bonds is 5. The third kappa shape index (κ3) is 3.41. The number of benzene rings is 2. The van der Waals surface area contributed by atoms with Gasteiger partial charge in [-0.05, 0) is 43.4 Å². The zero-order valence-corrected chi connectivity index (χ0v) is 18.8. The molecule has 6 nitrogen and oxygen atoms in total. The molecule has 3 heterocycles. The van der Waals surface area contributed by atoms with Gasteiger partial charge in [0, 0.05) is 41.8 Å². The first-order valence-corrected chi connectivity index (χ1v) is 12.1. The second kappa shape index (κ2) is 7.81. The molecule has 1 saturated carbocycles. The molecular weight excluding hydrogens is 418 g/mol. The van der Waals surface area contributed by atoms with Crippen LogP contribution in [0, 0.1) is 0 Å². The van der Waals surface area contributed by atoms with Crippen molar-refractivity contribution < 1.29 is 4.79 Å². The van der Waals surface area contributed by atoms with Crippen LogP contribution in [0.4, 0.5) is 0 Å². The topological polar surface area (TPSA) is 66.8 Å². The Kier molecular flexibility index (Phi) is 4.79. The van der Waals surface area contributed by atoms with Crippen LogP contribution < -0.4 is 0 Å². The van der Waals surface area contributed by atoms with Crippen LogP contribution in [-0.4, -0.2) is 42.4 Å². The number of aromatic nitrogens is 4. The average Bonchev–Trinajstić information content (AvgIpc) is 3.45. The minimum atomic E-state index is -0.210. The van der Waals surface area contributed by atoms with Crippen LogP contribution in [0.5, 0.6) is 0 Å². The van der Waals surface area contributed by atoms with Gasteiger partial charge >= 0.3 is 0 Å². The number of fused-ring (bicyclic) bond motifs is 2. The van der Waals surface area contributed by atoms with E-state index < -0.39 is 0 Å². The van der Waals surface area contributed by atoms with Gasteiger partial charge in [0.1, 0.15) is 0 Å². The van der Waals surface area contributed by atoms with Gasteiger partial charge in [-0.25, -0.2) is 0 Å². The molecule has 1 aliphatic heterocycles. The summed E-state index contributed by atoms with van der Waals surface area (Å²) in [6.07, 6.45) is 5.20. The largest absolute Gasteiger partial charge is 0.360 e. The summed E-state index contributed by atoms with van der Waals surface area (Å²) in [4.78, 5) is 18.6. The van der Waals surface area contributed by atoms with Crippen molar-refractivity contribution in [3.63, 3.8) is 0 Å². The van der Waals surface area contributed by atoms with E-state index in [1.54, 1.807) is 0 Å². The zero-order chi connectivity index (χ0) is 21.7. The fraction of sp³-hybridized carbons (Fsp3) is 0.320. The van der Waals surface area contributed by atoms with Gasteiger partial charge in [-0.2, -0.15) is 0 Å². The molecule has 6 rings (SSSR count). The summed E-state index contributed by atoms with van der Waals surface area (Å²) in [5.41, 5.74) is 4.77. The summed E-state index contributed by atoms with van der Waals surface area (Å²) in [7, 11) is 0. The van der Waals surface area contributed by atoms with Crippen molar-refractivity contribution in [3.8, 4) is 11.4 Å². The Morgan fingerprint density at radius 3 is 2.72 bits per heavy atom. The molecule has 0 unspecified atom stereocenters. The summed E-state index contributed by atoms with van der Waals surface area (Å²) in [5.74, 6) is 1.06. The number of H-pyrrole nitrogens is 1. The maximum absolute atomic E-state index is 13.3. The number of carbonyl (C=O) groups excluding carboxylic acids is 1. The summed E-state index contributed by atoms with van der Waals surface area (Å²) in [6, 6.07) is 17.1. The van der Waals surface area contributed by atoms with Crippen molar-refractivity contribution in [1.29, 1.82) is 0 Å². The van der Waals surface area contributed by atoms with Gasteiger partial charge in [-0.1, -0.05) is 54.2 Å². The number of thioether (sulfide) groups is 1. The Balaban J connectivity index is 1.26. The van der Waals surface area contributed by atoms with Crippen LogP contribution in [0.3, 0.4) is 0 Å².